The molecule has 0 fully saturated rings. The van der Waals surface area contributed by atoms with E-state index in [9.17, 15) is 9.59 Å². The molecular weight excluding hydrogens is 422 g/mol. The van der Waals surface area contributed by atoms with Gasteiger partial charge in [0.1, 0.15) is 0 Å². The van der Waals surface area contributed by atoms with E-state index in [2.05, 4.69) is 39.9 Å². The largest absolute Gasteiger partial charge is 0.481 e. The molecule has 0 saturated carbocycles. The number of anilines is 2. The van der Waals surface area contributed by atoms with Crippen molar-refractivity contribution in [3.8, 4) is 11.1 Å². The first-order chi connectivity index (χ1) is 15.6. The summed E-state index contributed by atoms with van der Waals surface area (Å²) >= 11 is 1.21. The molecule has 0 radical (unpaired) electrons. The number of amides is 1. The molecule has 4 aromatic rings. The molecule has 3 N–H and O–H groups in total. The van der Waals surface area contributed by atoms with Crippen molar-refractivity contribution >= 4 is 34.0 Å². The van der Waals surface area contributed by atoms with Gasteiger partial charge in [-0.2, -0.15) is 0 Å². The summed E-state index contributed by atoms with van der Waals surface area (Å²) in [4.78, 5) is 27.3. The normalized spacial score (nSPS) is 10.5. The van der Waals surface area contributed by atoms with E-state index in [1.807, 2.05) is 42.5 Å². The summed E-state index contributed by atoms with van der Waals surface area (Å²) in [6.45, 7) is 0.622. The summed E-state index contributed by atoms with van der Waals surface area (Å²) in [6, 6.07) is 25.7. The topological polar surface area (TPSA) is 91.3 Å². The molecule has 1 heterocycles. The van der Waals surface area contributed by atoms with E-state index in [0.717, 1.165) is 22.4 Å². The van der Waals surface area contributed by atoms with Gasteiger partial charge in [-0.1, -0.05) is 60.7 Å². The average Bonchev–Trinajstić information content (AvgIpc) is 3.24. The molecule has 32 heavy (non-hydrogen) atoms. The number of aliphatic carboxylic acids is 1. The van der Waals surface area contributed by atoms with Crippen LogP contribution in [0.1, 0.15) is 21.6 Å². The Bertz CT molecular complexity index is 1220. The van der Waals surface area contributed by atoms with Crippen LogP contribution in [0.5, 0.6) is 0 Å². The highest BCUT2D eigenvalue weighted by atomic mass is 32.1. The molecule has 0 unspecified atom stereocenters. The van der Waals surface area contributed by atoms with Crippen molar-refractivity contribution in [1.29, 1.82) is 0 Å². The van der Waals surface area contributed by atoms with Gasteiger partial charge in [-0.3, -0.25) is 14.9 Å². The van der Waals surface area contributed by atoms with Crippen molar-refractivity contribution in [2.24, 2.45) is 0 Å². The van der Waals surface area contributed by atoms with Gasteiger partial charge in [0, 0.05) is 28.7 Å². The molecule has 0 aliphatic carbocycles. The molecule has 0 bridgehead atoms. The number of aromatic nitrogens is 1. The number of hydrogen-bond acceptors (Lipinski definition) is 5. The molecule has 0 saturated heterocycles. The van der Waals surface area contributed by atoms with Gasteiger partial charge in [-0.15, -0.1) is 11.3 Å². The van der Waals surface area contributed by atoms with Crippen LogP contribution in [0.4, 0.5) is 10.8 Å². The molecule has 160 valence electrons. The Morgan fingerprint density at radius 2 is 1.62 bits per heavy atom. The van der Waals surface area contributed by atoms with Gasteiger partial charge < -0.3 is 10.4 Å². The number of hydrogen-bond donors (Lipinski definition) is 3. The average molecular weight is 444 g/mol. The number of nitrogens with zero attached hydrogens (tertiary/aromatic N) is 1. The fraction of sp³-hybridized carbons (Fsp3) is 0.0800. The predicted octanol–water partition coefficient (Wildman–Crippen LogP) is 5.30. The maximum atomic E-state index is 12.5. The zero-order valence-electron chi connectivity index (χ0n) is 17.1. The number of carbonyl (C=O) groups excluding carboxylic acids is 1. The maximum Gasteiger partial charge on any atom is 0.309 e. The van der Waals surface area contributed by atoms with E-state index in [1.165, 1.54) is 11.3 Å². The minimum absolute atomic E-state index is 0.165. The summed E-state index contributed by atoms with van der Waals surface area (Å²) in [7, 11) is 0. The molecule has 3 aromatic carbocycles. The summed E-state index contributed by atoms with van der Waals surface area (Å²) in [5.41, 5.74) is 5.30. The number of nitrogens with one attached hydrogen (secondary N) is 2. The van der Waals surface area contributed by atoms with E-state index in [4.69, 9.17) is 5.11 Å². The van der Waals surface area contributed by atoms with Gasteiger partial charge in [0.25, 0.3) is 5.91 Å². The molecule has 0 spiro atoms. The van der Waals surface area contributed by atoms with Gasteiger partial charge in [0.05, 0.1) is 12.1 Å². The van der Waals surface area contributed by atoms with E-state index < -0.39 is 5.97 Å². The summed E-state index contributed by atoms with van der Waals surface area (Å²) in [5.74, 6) is -1.24. The zero-order chi connectivity index (χ0) is 22.3. The number of rotatable bonds is 8. The van der Waals surface area contributed by atoms with Crippen LogP contribution in [-0.4, -0.2) is 22.0 Å². The van der Waals surface area contributed by atoms with Gasteiger partial charge >= 0.3 is 5.97 Å². The van der Waals surface area contributed by atoms with E-state index in [0.29, 0.717) is 22.9 Å². The van der Waals surface area contributed by atoms with Crippen LogP contribution in [0.15, 0.2) is 84.2 Å². The smallest absolute Gasteiger partial charge is 0.309 e. The molecular formula is C25H21N3O3S. The van der Waals surface area contributed by atoms with Crippen molar-refractivity contribution in [2.45, 2.75) is 13.0 Å². The minimum atomic E-state index is -0.955. The van der Waals surface area contributed by atoms with Crippen molar-refractivity contribution in [1.82, 2.24) is 4.98 Å². The third-order valence-electron chi connectivity index (χ3n) is 4.82. The Morgan fingerprint density at radius 3 is 2.38 bits per heavy atom. The number of para-hydroxylation sites is 1. The van der Waals surface area contributed by atoms with Crippen molar-refractivity contribution in [3.63, 3.8) is 0 Å². The molecule has 0 aliphatic rings. The third kappa shape index (κ3) is 5.39. The molecule has 1 aromatic heterocycles. The lowest BCUT2D eigenvalue weighted by atomic mass is 10.0. The Hall–Kier alpha value is -3.97. The molecule has 6 nitrogen and oxygen atoms in total. The highest BCUT2D eigenvalue weighted by Crippen LogP contribution is 2.28. The zero-order valence-corrected chi connectivity index (χ0v) is 17.9. The molecule has 0 atom stereocenters. The van der Waals surface area contributed by atoms with Crippen LogP contribution >= 0.6 is 11.3 Å². The third-order valence-corrected chi connectivity index (χ3v) is 5.62. The second-order valence-corrected chi connectivity index (χ2v) is 7.99. The van der Waals surface area contributed by atoms with Crippen LogP contribution < -0.4 is 10.6 Å². The second kappa shape index (κ2) is 9.89. The Kier molecular flexibility index (Phi) is 6.57. The van der Waals surface area contributed by atoms with E-state index in [-0.39, 0.29) is 12.3 Å². The lowest BCUT2D eigenvalue weighted by Crippen LogP contribution is -2.12. The molecule has 4 rings (SSSR count). The fourth-order valence-electron chi connectivity index (χ4n) is 3.25. The van der Waals surface area contributed by atoms with Crippen LogP contribution in [-0.2, 0) is 17.8 Å². The number of carboxylic acid groups (broad SMARTS) is 1. The lowest BCUT2D eigenvalue weighted by Gasteiger charge is -2.12. The first-order valence-corrected chi connectivity index (χ1v) is 10.9. The van der Waals surface area contributed by atoms with Gasteiger partial charge in [-0.05, 0) is 29.3 Å². The maximum absolute atomic E-state index is 12.5. The van der Waals surface area contributed by atoms with E-state index >= 15 is 0 Å². The van der Waals surface area contributed by atoms with Crippen LogP contribution in [0, 0.1) is 0 Å². The fourth-order valence-corrected chi connectivity index (χ4v) is 3.95. The number of thiazole rings is 1. The molecule has 7 heteroatoms. The summed E-state index contributed by atoms with van der Waals surface area (Å²) < 4.78 is 0. The number of benzene rings is 3. The Balaban J connectivity index is 1.38. The molecule has 0 aliphatic heterocycles. The van der Waals surface area contributed by atoms with Crippen LogP contribution in [0.2, 0.25) is 0 Å². The van der Waals surface area contributed by atoms with E-state index in [1.54, 1.807) is 17.5 Å². The first kappa shape index (κ1) is 21.3. The Labute approximate surface area is 189 Å². The summed E-state index contributed by atoms with van der Waals surface area (Å²) in [5, 5.41) is 17.0. The summed E-state index contributed by atoms with van der Waals surface area (Å²) in [6.07, 6.45) is -0.165. The lowest BCUT2D eigenvalue weighted by molar-refractivity contribution is -0.136. The van der Waals surface area contributed by atoms with Gasteiger partial charge in [0.15, 0.2) is 5.13 Å². The SMILES string of the molecule is O=C(O)Cc1csc(NC(=O)c2ccc(CNc3ccccc3-c3ccccc3)cc2)n1. The van der Waals surface area contributed by atoms with Crippen LogP contribution in [0.3, 0.4) is 0 Å². The number of carbonyl (C=O) groups is 2. The standard InChI is InChI=1S/C25H21N3O3S/c29-23(30)14-20-16-32-25(27-20)28-24(31)19-12-10-17(11-13-19)15-26-22-9-5-4-8-21(22)18-6-2-1-3-7-18/h1-13,16,26H,14-15H2,(H,29,30)(H,27,28,31). The number of carboxylic acids is 1. The monoisotopic (exact) mass is 443 g/mol. The highest BCUT2D eigenvalue weighted by molar-refractivity contribution is 7.14. The first-order valence-electron chi connectivity index (χ1n) is 10.0. The Morgan fingerprint density at radius 1 is 0.906 bits per heavy atom. The highest BCUT2D eigenvalue weighted by Gasteiger charge is 2.11. The van der Waals surface area contributed by atoms with Crippen molar-refractivity contribution in [3.05, 3.63) is 101 Å². The molecule has 1 amide bonds. The minimum Gasteiger partial charge on any atom is -0.481 e. The van der Waals surface area contributed by atoms with Crippen LogP contribution in [0.25, 0.3) is 11.1 Å². The van der Waals surface area contributed by atoms with Crippen molar-refractivity contribution < 1.29 is 14.7 Å². The van der Waals surface area contributed by atoms with Gasteiger partial charge in [0.2, 0.25) is 0 Å². The quantitative estimate of drug-likeness (QED) is 0.344. The predicted molar refractivity (Wildman–Crippen MR) is 127 cm³/mol. The van der Waals surface area contributed by atoms with Gasteiger partial charge in [-0.25, -0.2) is 4.98 Å². The second-order valence-electron chi connectivity index (χ2n) is 7.13. The van der Waals surface area contributed by atoms with Crippen molar-refractivity contribution in [2.75, 3.05) is 10.6 Å².